The van der Waals surface area contributed by atoms with Crippen molar-refractivity contribution in [2.24, 2.45) is 0 Å². The molecule has 1 rings (SSSR count). The first kappa shape index (κ1) is 16.2. The summed E-state index contributed by atoms with van der Waals surface area (Å²) in [6.07, 6.45) is 2.89. The van der Waals surface area contributed by atoms with Crippen LogP contribution in [-0.4, -0.2) is 28.4 Å². The zero-order valence-electron chi connectivity index (χ0n) is 12.3. The number of nitrogens with one attached hydrogen (secondary N) is 1. The molecule has 1 aromatic rings. The van der Waals surface area contributed by atoms with E-state index in [0.717, 1.165) is 25.3 Å². The van der Waals surface area contributed by atoms with Crippen LogP contribution in [0.25, 0.3) is 0 Å². The highest BCUT2D eigenvalue weighted by atomic mass is 32.2. The maximum absolute atomic E-state index is 11.2. The molecule has 1 aromatic carbocycles. The molecular weight excluding hydrogens is 258 g/mol. The van der Waals surface area contributed by atoms with Crippen LogP contribution in [0.5, 0.6) is 5.75 Å². The molecule has 1 N–H and O–H groups in total. The lowest BCUT2D eigenvalue weighted by molar-refractivity contribution is 0.242. The molecule has 0 radical (unpaired) electrons. The van der Waals surface area contributed by atoms with E-state index in [2.05, 4.69) is 17.4 Å². The second-order valence-electron chi connectivity index (χ2n) is 5.09. The second-order valence-corrected chi connectivity index (χ2v) is 6.89. The highest BCUT2D eigenvalue weighted by Gasteiger charge is 2.05. The van der Waals surface area contributed by atoms with Crippen LogP contribution in [0.15, 0.2) is 24.3 Å². The zero-order valence-corrected chi connectivity index (χ0v) is 13.1. The van der Waals surface area contributed by atoms with Crippen LogP contribution in [0.4, 0.5) is 0 Å². The predicted octanol–water partition coefficient (Wildman–Crippen LogP) is 2.72. The van der Waals surface area contributed by atoms with Gasteiger partial charge in [-0.05, 0) is 44.5 Å². The van der Waals surface area contributed by atoms with E-state index in [4.69, 9.17) is 4.74 Å². The topological polar surface area (TPSA) is 38.3 Å². The fourth-order valence-electron chi connectivity index (χ4n) is 1.70. The van der Waals surface area contributed by atoms with Crippen molar-refractivity contribution in [1.82, 2.24) is 5.32 Å². The van der Waals surface area contributed by atoms with Gasteiger partial charge in [0, 0.05) is 28.9 Å². The van der Waals surface area contributed by atoms with Crippen molar-refractivity contribution >= 4 is 10.8 Å². The molecule has 3 nitrogen and oxygen atoms in total. The standard InChI is InChI=1S/C15H25NO2S/c1-12(2)18-15-7-5-6-14(10-15)11-16-9-8-13(3)19(4)17/h5-7,10,12-13,16H,8-9,11H2,1-4H3. The highest BCUT2D eigenvalue weighted by Crippen LogP contribution is 2.14. The zero-order chi connectivity index (χ0) is 14.3. The lowest BCUT2D eigenvalue weighted by atomic mass is 10.2. The maximum atomic E-state index is 11.2. The summed E-state index contributed by atoms with van der Waals surface area (Å²) >= 11 is 0. The molecule has 0 aromatic heterocycles. The van der Waals surface area contributed by atoms with Gasteiger partial charge in [0.2, 0.25) is 0 Å². The molecule has 0 fully saturated rings. The fourth-order valence-corrected chi connectivity index (χ4v) is 2.15. The van der Waals surface area contributed by atoms with Crippen LogP contribution in [-0.2, 0) is 17.3 Å². The Morgan fingerprint density at radius 1 is 1.32 bits per heavy atom. The second kappa shape index (κ2) is 8.33. The van der Waals surface area contributed by atoms with Gasteiger partial charge in [0.25, 0.3) is 0 Å². The highest BCUT2D eigenvalue weighted by molar-refractivity contribution is 7.84. The summed E-state index contributed by atoms with van der Waals surface area (Å²) in [4.78, 5) is 0. The van der Waals surface area contributed by atoms with E-state index in [0.29, 0.717) is 0 Å². The van der Waals surface area contributed by atoms with Crippen LogP contribution in [0.2, 0.25) is 0 Å². The summed E-state index contributed by atoms with van der Waals surface area (Å²) in [6.45, 7) is 7.78. The summed E-state index contributed by atoms with van der Waals surface area (Å²) in [5.74, 6) is 0.914. The first-order valence-electron chi connectivity index (χ1n) is 6.77. The van der Waals surface area contributed by atoms with Crippen LogP contribution < -0.4 is 10.1 Å². The van der Waals surface area contributed by atoms with Crippen LogP contribution >= 0.6 is 0 Å². The third kappa shape index (κ3) is 6.73. The smallest absolute Gasteiger partial charge is 0.120 e. The average molecular weight is 283 g/mol. The van der Waals surface area contributed by atoms with Crippen molar-refractivity contribution in [1.29, 1.82) is 0 Å². The molecule has 0 aliphatic carbocycles. The van der Waals surface area contributed by atoms with Crippen molar-refractivity contribution in [3.63, 3.8) is 0 Å². The van der Waals surface area contributed by atoms with E-state index >= 15 is 0 Å². The lowest BCUT2D eigenvalue weighted by Gasteiger charge is -2.12. The Bertz CT molecular complexity index is 407. The Labute approximate surface area is 119 Å². The van der Waals surface area contributed by atoms with Gasteiger partial charge in [-0.2, -0.15) is 0 Å². The number of hydrogen-bond donors (Lipinski definition) is 1. The van der Waals surface area contributed by atoms with E-state index < -0.39 is 10.8 Å². The van der Waals surface area contributed by atoms with Gasteiger partial charge < -0.3 is 10.1 Å². The van der Waals surface area contributed by atoms with Gasteiger partial charge in [-0.15, -0.1) is 0 Å². The van der Waals surface area contributed by atoms with Crippen molar-refractivity contribution < 1.29 is 8.95 Å². The summed E-state index contributed by atoms with van der Waals surface area (Å²) in [7, 11) is -0.729. The Balaban J connectivity index is 2.35. The third-order valence-electron chi connectivity index (χ3n) is 2.89. The summed E-state index contributed by atoms with van der Waals surface area (Å²) in [6, 6.07) is 8.14. The molecule has 19 heavy (non-hydrogen) atoms. The third-order valence-corrected chi connectivity index (χ3v) is 4.26. The molecule has 2 atom stereocenters. The number of benzene rings is 1. The Morgan fingerprint density at radius 3 is 2.68 bits per heavy atom. The maximum Gasteiger partial charge on any atom is 0.120 e. The fraction of sp³-hybridized carbons (Fsp3) is 0.600. The monoisotopic (exact) mass is 283 g/mol. The van der Waals surface area contributed by atoms with Gasteiger partial charge in [0.1, 0.15) is 5.75 Å². The van der Waals surface area contributed by atoms with Crippen molar-refractivity contribution in [3.8, 4) is 5.75 Å². The lowest BCUT2D eigenvalue weighted by Crippen LogP contribution is -2.21. The largest absolute Gasteiger partial charge is 0.491 e. The quantitative estimate of drug-likeness (QED) is 0.746. The molecule has 108 valence electrons. The minimum Gasteiger partial charge on any atom is -0.491 e. The molecule has 0 saturated heterocycles. The first-order chi connectivity index (χ1) is 8.99. The summed E-state index contributed by atoms with van der Waals surface area (Å²) in [5, 5.41) is 3.63. The van der Waals surface area contributed by atoms with Gasteiger partial charge >= 0.3 is 0 Å². The van der Waals surface area contributed by atoms with Crippen LogP contribution in [0.1, 0.15) is 32.8 Å². The predicted molar refractivity (Wildman–Crippen MR) is 82.1 cm³/mol. The van der Waals surface area contributed by atoms with Crippen molar-refractivity contribution in [2.75, 3.05) is 12.8 Å². The molecule has 2 unspecified atom stereocenters. The molecule has 0 aliphatic rings. The van der Waals surface area contributed by atoms with Gasteiger partial charge in [0.05, 0.1) is 6.10 Å². The van der Waals surface area contributed by atoms with E-state index in [1.54, 1.807) is 6.26 Å². The van der Waals surface area contributed by atoms with E-state index in [1.807, 2.05) is 32.9 Å². The minimum atomic E-state index is -0.729. The molecule has 0 aliphatic heterocycles. The van der Waals surface area contributed by atoms with E-state index in [1.165, 1.54) is 5.56 Å². The van der Waals surface area contributed by atoms with E-state index in [9.17, 15) is 4.21 Å². The van der Waals surface area contributed by atoms with Gasteiger partial charge in [-0.1, -0.05) is 19.1 Å². The molecule has 0 bridgehead atoms. The first-order valence-corrected chi connectivity index (χ1v) is 8.39. The van der Waals surface area contributed by atoms with Crippen LogP contribution in [0, 0.1) is 0 Å². The number of ether oxygens (including phenoxy) is 1. The van der Waals surface area contributed by atoms with Gasteiger partial charge in [-0.25, -0.2) is 0 Å². The summed E-state index contributed by atoms with van der Waals surface area (Å²) < 4.78 is 16.9. The van der Waals surface area contributed by atoms with E-state index in [-0.39, 0.29) is 11.4 Å². The molecule has 0 heterocycles. The van der Waals surface area contributed by atoms with Crippen molar-refractivity contribution in [3.05, 3.63) is 29.8 Å². The van der Waals surface area contributed by atoms with Gasteiger partial charge in [-0.3, -0.25) is 4.21 Å². The number of rotatable bonds is 8. The molecule has 0 saturated carbocycles. The minimum absolute atomic E-state index is 0.198. The number of hydrogen-bond acceptors (Lipinski definition) is 3. The normalized spacial score (nSPS) is 14.4. The molecule has 0 amide bonds. The SMILES string of the molecule is CC(C)Oc1cccc(CNCCC(C)S(C)=O)c1. The Hall–Kier alpha value is -0.870. The van der Waals surface area contributed by atoms with Gasteiger partial charge in [0.15, 0.2) is 0 Å². The van der Waals surface area contributed by atoms with Crippen molar-refractivity contribution in [2.45, 2.75) is 45.1 Å². The Kier molecular flexibility index (Phi) is 7.10. The molecular formula is C15H25NO2S. The molecule has 4 heteroatoms. The van der Waals surface area contributed by atoms with Crippen LogP contribution in [0.3, 0.4) is 0 Å². The molecule has 0 spiro atoms. The Morgan fingerprint density at radius 2 is 2.05 bits per heavy atom. The summed E-state index contributed by atoms with van der Waals surface area (Å²) in [5.41, 5.74) is 1.21. The average Bonchev–Trinajstić information content (AvgIpc) is 2.34.